The van der Waals surface area contributed by atoms with Gasteiger partial charge < -0.3 is 19.2 Å². The number of carbonyl (C=O) groups is 2. The minimum atomic E-state index is -1.06. The van der Waals surface area contributed by atoms with E-state index < -0.39 is 5.97 Å². The van der Waals surface area contributed by atoms with Crippen LogP contribution in [0.25, 0.3) is 0 Å². The summed E-state index contributed by atoms with van der Waals surface area (Å²) >= 11 is 0. The van der Waals surface area contributed by atoms with Gasteiger partial charge in [-0.3, -0.25) is 9.59 Å². The van der Waals surface area contributed by atoms with Crippen molar-refractivity contribution in [1.29, 1.82) is 0 Å². The van der Waals surface area contributed by atoms with E-state index in [4.69, 9.17) is 14.3 Å². The number of carbonyl (C=O) groups excluding carboxylic acids is 1. The highest BCUT2D eigenvalue weighted by atomic mass is 19.1. The molecule has 0 bridgehead atoms. The van der Waals surface area contributed by atoms with E-state index in [2.05, 4.69) is 0 Å². The predicted molar refractivity (Wildman–Crippen MR) is 88.3 cm³/mol. The lowest BCUT2D eigenvalue weighted by Crippen LogP contribution is -2.29. The molecule has 1 heterocycles. The topological polar surface area (TPSA) is 80.0 Å². The van der Waals surface area contributed by atoms with Crippen molar-refractivity contribution >= 4 is 11.9 Å². The van der Waals surface area contributed by atoms with Gasteiger partial charge in [0.05, 0.1) is 18.4 Å². The fraction of sp³-hybridized carbons (Fsp3) is 0.333. The Morgan fingerprint density at radius 1 is 1.28 bits per heavy atom. The van der Waals surface area contributed by atoms with Gasteiger partial charge in [-0.2, -0.15) is 0 Å². The van der Waals surface area contributed by atoms with Crippen LogP contribution in [0.3, 0.4) is 0 Å². The number of carboxylic acids is 1. The molecule has 0 aliphatic rings. The zero-order valence-electron chi connectivity index (χ0n) is 14.1. The quantitative estimate of drug-likeness (QED) is 0.741. The van der Waals surface area contributed by atoms with Crippen LogP contribution in [0.2, 0.25) is 0 Å². The van der Waals surface area contributed by atoms with Crippen molar-refractivity contribution in [3.8, 4) is 5.75 Å². The molecule has 0 unspecified atom stereocenters. The maximum atomic E-state index is 12.8. The molecule has 0 saturated heterocycles. The summed E-state index contributed by atoms with van der Waals surface area (Å²) in [4.78, 5) is 24.9. The molecule has 2 aromatic rings. The lowest BCUT2D eigenvalue weighted by atomic mass is 10.1. The Morgan fingerprint density at radius 2 is 1.96 bits per heavy atom. The van der Waals surface area contributed by atoms with Crippen LogP contribution in [0.1, 0.15) is 28.1 Å². The summed E-state index contributed by atoms with van der Waals surface area (Å²) in [5.41, 5.74) is 0.903. The van der Waals surface area contributed by atoms with Gasteiger partial charge in [-0.1, -0.05) is 0 Å². The number of carboxylic acid groups (broad SMARTS) is 1. The Kier molecular flexibility index (Phi) is 6.16. The first-order valence-corrected chi connectivity index (χ1v) is 7.81. The summed E-state index contributed by atoms with van der Waals surface area (Å²) < 4.78 is 23.5. The van der Waals surface area contributed by atoms with E-state index in [1.807, 2.05) is 0 Å². The minimum absolute atomic E-state index is 0.157. The second-order valence-electron chi connectivity index (χ2n) is 5.67. The van der Waals surface area contributed by atoms with Gasteiger partial charge in [-0.15, -0.1) is 0 Å². The van der Waals surface area contributed by atoms with E-state index in [0.29, 0.717) is 36.4 Å². The number of ether oxygens (including phenoxy) is 1. The summed E-state index contributed by atoms with van der Waals surface area (Å²) in [7, 11) is 1.64. The SMILES string of the molecule is Cc1coc(CC(=O)O)c1C(=O)N(C)CCCOc1ccc(F)cc1. The minimum Gasteiger partial charge on any atom is -0.494 e. The highest BCUT2D eigenvalue weighted by Gasteiger charge is 2.23. The number of aliphatic carboxylic acids is 1. The first-order valence-electron chi connectivity index (χ1n) is 7.81. The molecular weight excluding hydrogens is 329 g/mol. The Hall–Kier alpha value is -2.83. The largest absolute Gasteiger partial charge is 0.494 e. The molecule has 134 valence electrons. The zero-order valence-corrected chi connectivity index (χ0v) is 14.1. The van der Waals surface area contributed by atoms with E-state index in [0.717, 1.165) is 0 Å². The Balaban J connectivity index is 1.87. The smallest absolute Gasteiger partial charge is 0.311 e. The van der Waals surface area contributed by atoms with Gasteiger partial charge in [-0.25, -0.2) is 4.39 Å². The molecule has 2 rings (SSSR count). The molecule has 0 radical (unpaired) electrons. The van der Waals surface area contributed by atoms with Gasteiger partial charge in [0.15, 0.2) is 0 Å². The van der Waals surface area contributed by atoms with Crippen LogP contribution in [-0.2, 0) is 11.2 Å². The third-order valence-corrected chi connectivity index (χ3v) is 3.64. The maximum Gasteiger partial charge on any atom is 0.311 e. The molecule has 0 aliphatic heterocycles. The second-order valence-corrected chi connectivity index (χ2v) is 5.67. The van der Waals surface area contributed by atoms with Crippen LogP contribution < -0.4 is 4.74 Å². The summed E-state index contributed by atoms with van der Waals surface area (Å²) in [6.07, 6.45) is 1.62. The molecule has 25 heavy (non-hydrogen) atoms. The molecule has 1 N–H and O–H groups in total. The lowest BCUT2D eigenvalue weighted by molar-refractivity contribution is -0.136. The molecule has 0 fully saturated rings. The maximum absolute atomic E-state index is 12.8. The molecule has 0 aliphatic carbocycles. The highest BCUT2D eigenvalue weighted by Crippen LogP contribution is 2.19. The van der Waals surface area contributed by atoms with Gasteiger partial charge in [0.2, 0.25) is 0 Å². The van der Waals surface area contributed by atoms with Crippen LogP contribution in [0, 0.1) is 12.7 Å². The van der Waals surface area contributed by atoms with E-state index in [-0.39, 0.29) is 23.9 Å². The summed E-state index contributed by atoms with van der Waals surface area (Å²) in [5, 5.41) is 8.89. The first-order chi connectivity index (χ1) is 11.9. The number of amides is 1. The molecular formula is C18H20FNO5. The first kappa shape index (κ1) is 18.5. The average molecular weight is 349 g/mol. The zero-order chi connectivity index (χ0) is 18.4. The van der Waals surface area contributed by atoms with Gasteiger partial charge in [0.25, 0.3) is 5.91 Å². The summed E-state index contributed by atoms with van der Waals surface area (Å²) in [6, 6.07) is 5.71. The third kappa shape index (κ3) is 5.07. The second kappa shape index (κ2) is 8.32. The molecule has 7 heteroatoms. The molecule has 0 spiro atoms. The number of rotatable bonds is 8. The fourth-order valence-electron chi connectivity index (χ4n) is 2.37. The van der Waals surface area contributed by atoms with Crippen LogP contribution in [0.15, 0.2) is 34.9 Å². The summed E-state index contributed by atoms with van der Waals surface area (Å²) in [6.45, 7) is 2.50. The van der Waals surface area contributed by atoms with Gasteiger partial charge in [-0.05, 0) is 37.6 Å². The van der Waals surface area contributed by atoms with Crippen LogP contribution in [-0.4, -0.2) is 42.1 Å². The molecule has 1 aromatic heterocycles. The van der Waals surface area contributed by atoms with Crippen molar-refractivity contribution in [3.63, 3.8) is 0 Å². The average Bonchev–Trinajstić information content (AvgIpc) is 2.92. The van der Waals surface area contributed by atoms with Crippen molar-refractivity contribution in [3.05, 3.63) is 53.2 Å². The Labute approximate surface area is 144 Å². The van der Waals surface area contributed by atoms with Crippen LogP contribution in [0.4, 0.5) is 4.39 Å². The number of hydrogen-bond donors (Lipinski definition) is 1. The summed E-state index contributed by atoms with van der Waals surface area (Å²) in [5.74, 6) is -0.956. The fourth-order valence-corrected chi connectivity index (χ4v) is 2.37. The van der Waals surface area contributed by atoms with Crippen LogP contribution >= 0.6 is 0 Å². The van der Waals surface area contributed by atoms with E-state index in [1.165, 1.54) is 35.4 Å². The van der Waals surface area contributed by atoms with E-state index in [9.17, 15) is 14.0 Å². The van der Waals surface area contributed by atoms with Gasteiger partial charge in [0.1, 0.15) is 23.7 Å². The highest BCUT2D eigenvalue weighted by molar-refractivity contribution is 5.97. The van der Waals surface area contributed by atoms with Gasteiger partial charge in [0, 0.05) is 19.2 Å². The lowest BCUT2D eigenvalue weighted by Gasteiger charge is -2.17. The van der Waals surface area contributed by atoms with E-state index >= 15 is 0 Å². The Bertz CT molecular complexity index is 738. The Morgan fingerprint density at radius 3 is 2.60 bits per heavy atom. The molecule has 1 aromatic carbocycles. The molecule has 0 saturated carbocycles. The van der Waals surface area contributed by atoms with Crippen molar-refractivity contribution in [2.45, 2.75) is 19.8 Å². The number of furan rings is 1. The number of aryl methyl sites for hydroxylation is 1. The van der Waals surface area contributed by atoms with E-state index in [1.54, 1.807) is 14.0 Å². The molecule has 1 amide bonds. The normalized spacial score (nSPS) is 10.5. The number of nitrogens with zero attached hydrogens (tertiary/aromatic N) is 1. The van der Waals surface area contributed by atoms with Crippen LogP contribution in [0.5, 0.6) is 5.75 Å². The van der Waals surface area contributed by atoms with Gasteiger partial charge >= 0.3 is 5.97 Å². The standard InChI is InChI=1S/C18H20FNO5/c1-12-11-25-15(10-16(21)22)17(12)18(23)20(2)8-3-9-24-14-6-4-13(19)5-7-14/h4-7,11H,3,8-10H2,1-2H3,(H,21,22). The molecule has 0 atom stereocenters. The number of halogens is 1. The van der Waals surface area contributed by atoms with Crippen molar-refractivity contribution < 1.29 is 28.2 Å². The van der Waals surface area contributed by atoms with Crippen molar-refractivity contribution in [2.75, 3.05) is 20.2 Å². The number of hydrogen-bond acceptors (Lipinski definition) is 4. The predicted octanol–water partition coefficient (Wildman–Crippen LogP) is 2.90. The number of benzene rings is 1. The van der Waals surface area contributed by atoms with Crippen molar-refractivity contribution in [1.82, 2.24) is 4.90 Å². The monoisotopic (exact) mass is 349 g/mol. The third-order valence-electron chi connectivity index (χ3n) is 3.64. The van der Waals surface area contributed by atoms with Crippen molar-refractivity contribution in [2.24, 2.45) is 0 Å². The molecule has 6 nitrogen and oxygen atoms in total.